The van der Waals surface area contributed by atoms with Crippen LogP contribution in [0.25, 0.3) is 10.1 Å². The quantitative estimate of drug-likeness (QED) is 0.701. The van der Waals surface area contributed by atoms with Crippen molar-refractivity contribution in [2.75, 3.05) is 0 Å². The van der Waals surface area contributed by atoms with Gasteiger partial charge in [-0.3, -0.25) is 0 Å². The molecular formula is C10H3IN2S. The highest BCUT2D eigenvalue weighted by molar-refractivity contribution is 14.1. The number of nitrogens with zero attached hydrogens (tertiary/aromatic N) is 2. The first-order valence-electron chi connectivity index (χ1n) is 3.78. The van der Waals surface area contributed by atoms with E-state index in [-0.39, 0.29) is 0 Å². The van der Waals surface area contributed by atoms with E-state index in [4.69, 9.17) is 10.5 Å². The van der Waals surface area contributed by atoms with E-state index in [9.17, 15) is 0 Å². The van der Waals surface area contributed by atoms with Gasteiger partial charge in [0.25, 0.3) is 0 Å². The van der Waals surface area contributed by atoms with E-state index in [2.05, 4.69) is 34.7 Å². The number of hydrogen-bond donors (Lipinski definition) is 0. The predicted octanol–water partition coefficient (Wildman–Crippen LogP) is 3.25. The summed E-state index contributed by atoms with van der Waals surface area (Å²) in [6.45, 7) is 0. The van der Waals surface area contributed by atoms with Crippen LogP contribution >= 0.6 is 33.9 Å². The molecule has 0 aliphatic carbocycles. The van der Waals surface area contributed by atoms with Crippen molar-refractivity contribution in [3.05, 3.63) is 32.2 Å². The Kier molecular flexibility index (Phi) is 2.40. The molecule has 0 saturated heterocycles. The molecule has 1 heterocycles. The molecule has 0 unspecified atom stereocenters. The van der Waals surface area contributed by atoms with Crippen LogP contribution in [0.4, 0.5) is 0 Å². The maximum absolute atomic E-state index is 8.91. The van der Waals surface area contributed by atoms with Gasteiger partial charge in [-0.25, -0.2) is 0 Å². The molecule has 2 aromatic rings. The summed E-state index contributed by atoms with van der Waals surface area (Å²) in [6.07, 6.45) is 0. The Morgan fingerprint density at radius 1 is 1.14 bits per heavy atom. The molecule has 14 heavy (non-hydrogen) atoms. The first kappa shape index (κ1) is 9.45. The number of hydrogen-bond acceptors (Lipinski definition) is 3. The maximum Gasteiger partial charge on any atom is 0.101 e. The van der Waals surface area contributed by atoms with E-state index in [0.29, 0.717) is 11.1 Å². The SMILES string of the molecule is N#Cc1ccc(I)c2scc(C#N)c12. The van der Waals surface area contributed by atoms with Gasteiger partial charge in [-0.2, -0.15) is 10.5 Å². The highest BCUT2D eigenvalue weighted by atomic mass is 127. The number of rotatable bonds is 0. The lowest BCUT2D eigenvalue weighted by Gasteiger charge is -1.96. The average molecular weight is 310 g/mol. The summed E-state index contributed by atoms with van der Waals surface area (Å²) in [7, 11) is 0. The second-order valence-corrected chi connectivity index (χ2v) is 4.71. The van der Waals surface area contributed by atoms with Crippen molar-refractivity contribution in [1.29, 1.82) is 10.5 Å². The van der Waals surface area contributed by atoms with Crippen molar-refractivity contribution >= 4 is 44.0 Å². The fourth-order valence-corrected chi connectivity index (χ4v) is 3.05. The molecule has 0 N–H and O–H groups in total. The first-order valence-corrected chi connectivity index (χ1v) is 5.73. The van der Waals surface area contributed by atoms with Crippen LogP contribution in [-0.2, 0) is 0 Å². The van der Waals surface area contributed by atoms with Gasteiger partial charge in [0.1, 0.15) is 6.07 Å². The zero-order chi connectivity index (χ0) is 10.1. The number of halogens is 1. The summed E-state index contributed by atoms with van der Waals surface area (Å²) >= 11 is 3.73. The molecule has 0 fully saturated rings. The molecule has 0 spiro atoms. The maximum atomic E-state index is 8.91. The van der Waals surface area contributed by atoms with Gasteiger partial charge in [-0.15, -0.1) is 11.3 Å². The Morgan fingerprint density at radius 3 is 2.50 bits per heavy atom. The van der Waals surface area contributed by atoms with E-state index in [1.165, 1.54) is 11.3 Å². The molecule has 0 aliphatic rings. The lowest BCUT2D eigenvalue weighted by molar-refractivity contribution is 1.49. The fraction of sp³-hybridized carbons (Fsp3) is 0. The molecule has 1 aromatic heterocycles. The Labute approximate surface area is 98.5 Å². The highest BCUT2D eigenvalue weighted by Gasteiger charge is 2.10. The Morgan fingerprint density at radius 2 is 1.86 bits per heavy atom. The van der Waals surface area contributed by atoms with Gasteiger partial charge >= 0.3 is 0 Å². The summed E-state index contributed by atoms with van der Waals surface area (Å²) < 4.78 is 2.12. The minimum atomic E-state index is 0.582. The van der Waals surface area contributed by atoms with Crippen LogP contribution in [0.2, 0.25) is 0 Å². The summed E-state index contributed by atoms with van der Waals surface area (Å²) in [4.78, 5) is 0. The van der Waals surface area contributed by atoms with Crippen LogP contribution in [-0.4, -0.2) is 0 Å². The molecule has 2 nitrogen and oxygen atoms in total. The molecule has 0 amide bonds. The molecule has 0 atom stereocenters. The minimum absolute atomic E-state index is 0.582. The summed E-state index contributed by atoms with van der Waals surface area (Å²) in [5.41, 5.74) is 1.18. The molecule has 0 aliphatic heterocycles. The standard InChI is InChI=1S/C10H3IN2S/c11-8-2-1-6(3-12)9-7(4-13)5-14-10(8)9/h1-2,5H. The van der Waals surface area contributed by atoms with Crippen LogP contribution in [0.3, 0.4) is 0 Å². The lowest BCUT2D eigenvalue weighted by atomic mass is 10.1. The number of nitriles is 2. The molecule has 1 aromatic carbocycles. The smallest absolute Gasteiger partial charge is 0.101 e. The van der Waals surface area contributed by atoms with Gasteiger partial charge in [-0.05, 0) is 34.7 Å². The Bertz CT molecular complexity index is 586. The minimum Gasteiger partial charge on any atom is -0.192 e. The third-order valence-corrected chi connectivity index (χ3v) is 4.19. The third-order valence-electron chi connectivity index (χ3n) is 1.91. The normalized spacial score (nSPS) is 9.64. The van der Waals surface area contributed by atoms with Crippen molar-refractivity contribution in [1.82, 2.24) is 0 Å². The van der Waals surface area contributed by atoms with Crippen molar-refractivity contribution in [3.8, 4) is 12.1 Å². The average Bonchev–Trinajstić information content (AvgIpc) is 2.63. The number of thiophene rings is 1. The Balaban J connectivity index is 3.00. The summed E-state index contributed by atoms with van der Waals surface area (Å²) in [5, 5.41) is 20.4. The molecule has 0 saturated carbocycles. The molecule has 0 radical (unpaired) electrons. The fourth-order valence-electron chi connectivity index (χ4n) is 1.29. The predicted molar refractivity (Wildman–Crippen MR) is 64.0 cm³/mol. The second kappa shape index (κ2) is 3.56. The van der Waals surface area contributed by atoms with Crippen molar-refractivity contribution in [3.63, 3.8) is 0 Å². The molecule has 4 heteroatoms. The third kappa shape index (κ3) is 1.28. The monoisotopic (exact) mass is 310 g/mol. The van der Waals surface area contributed by atoms with Crippen LogP contribution < -0.4 is 0 Å². The van der Waals surface area contributed by atoms with Gasteiger partial charge in [0.15, 0.2) is 0 Å². The topological polar surface area (TPSA) is 47.6 Å². The van der Waals surface area contributed by atoms with Crippen LogP contribution in [0.1, 0.15) is 11.1 Å². The van der Waals surface area contributed by atoms with E-state index < -0.39 is 0 Å². The van der Waals surface area contributed by atoms with Crippen LogP contribution in [0.5, 0.6) is 0 Å². The largest absolute Gasteiger partial charge is 0.192 e. The summed E-state index contributed by atoms with van der Waals surface area (Å²) in [5.74, 6) is 0. The summed E-state index contributed by atoms with van der Waals surface area (Å²) in [6, 6.07) is 7.88. The van der Waals surface area contributed by atoms with Gasteiger partial charge in [-0.1, -0.05) is 0 Å². The van der Waals surface area contributed by atoms with Crippen molar-refractivity contribution < 1.29 is 0 Å². The van der Waals surface area contributed by atoms with E-state index in [1.807, 2.05) is 6.07 Å². The van der Waals surface area contributed by atoms with Gasteiger partial charge in [0.05, 0.1) is 21.9 Å². The molecular weight excluding hydrogens is 307 g/mol. The number of fused-ring (bicyclic) bond motifs is 1. The van der Waals surface area contributed by atoms with Crippen LogP contribution in [0.15, 0.2) is 17.5 Å². The number of benzene rings is 1. The first-order chi connectivity index (χ1) is 6.77. The van der Waals surface area contributed by atoms with Crippen molar-refractivity contribution in [2.24, 2.45) is 0 Å². The molecule has 2 rings (SSSR count). The van der Waals surface area contributed by atoms with Crippen LogP contribution in [0, 0.1) is 26.2 Å². The van der Waals surface area contributed by atoms with Gasteiger partial charge in [0.2, 0.25) is 0 Å². The second-order valence-electron chi connectivity index (χ2n) is 2.67. The van der Waals surface area contributed by atoms with Crippen molar-refractivity contribution in [2.45, 2.75) is 0 Å². The van der Waals surface area contributed by atoms with Gasteiger partial charge < -0.3 is 0 Å². The highest BCUT2D eigenvalue weighted by Crippen LogP contribution is 2.32. The molecule has 0 bridgehead atoms. The van der Waals surface area contributed by atoms with Gasteiger partial charge in [0, 0.05) is 14.3 Å². The van der Waals surface area contributed by atoms with E-state index in [1.54, 1.807) is 11.4 Å². The van der Waals surface area contributed by atoms with E-state index >= 15 is 0 Å². The van der Waals surface area contributed by atoms with E-state index in [0.717, 1.165) is 13.7 Å². The lowest BCUT2D eigenvalue weighted by Crippen LogP contribution is -1.80. The molecule has 66 valence electrons. The zero-order valence-electron chi connectivity index (χ0n) is 6.91. The Hall–Kier alpha value is -1.11. The zero-order valence-corrected chi connectivity index (χ0v) is 9.89.